The lowest BCUT2D eigenvalue weighted by atomic mass is 10.0. The number of rotatable bonds is 5. The number of likely N-dealkylation sites (tertiary alicyclic amines) is 1. The van der Waals surface area contributed by atoms with Crippen molar-refractivity contribution in [3.8, 4) is 0 Å². The Morgan fingerprint density at radius 1 is 1.27 bits per heavy atom. The van der Waals surface area contributed by atoms with E-state index in [4.69, 9.17) is 4.74 Å². The number of nitrogens with zero attached hydrogens (tertiary/aromatic N) is 1. The number of aromatic amines is 1. The number of H-pyrrole nitrogens is 1. The van der Waals surface area contributed by atoms with E-state index in [2.05, 4.69) is 17.1 Å². The molecule has 4 heteroatoms. The maximum absolute atomic E-state index is 12.7. The largest absolute Gasteiger partial charge is 0.376 e. The highest BCUT2D eigenvalue weighted by molar-refractivity contribution is 5.92. The molecule has 1 aliphatic heterocycles. The number of benzene rings is 1. The van der Waals surface area contributed by atoms with E-state index in [9.17, 15) is 4.79 Å². The Morgan fingerprint density at radius 3 is 2.77 bits per heavy atom. The Balaban J connectivity index is 1.80. The number of carbonyl (C=O) groups is 1. The van der Waals surface area contributed by atoms with Gasteiger partial charge in [0, 0.05) is 19.3 Å². The van der Waals surface area contributed by atoms with Gasteiger partial charge in [0.2, 0.25) is 0 Å². The quantitative estimate of drug-likeness (QED) is 0.922. The number of aromatic nitrogens is 1. The molecule has 1 aromatic heterocycles. The van der Waals surface area contributed by atoms with E-state index >= 15 is 0 Å². The van der Waals surface area contributed by atoms with Crippen molar-refractivity contribution in [2.45, 2.75) is 31.9 Å². The van der Waals surface area contributed by atoms with Crippen LogP contribution in [0.4, 0.5) is 0 Å². The fraction of sp³-hybridized carbons (Fsp3) is 0.389. The van der Waals surface area contributed by atoms with Crippen molar-refractivity contribution >= 4 is 5.91 Å². The molecule has 0 radical (unpaired) electrons. The molecule has 0 spiro atoms. The topological polar surface area (TPSA) is 45.3 Å². The fourth-order valence-corrected chi connectivity index (χ4v) is 3.20. The van der Waals surface area contributed by atoms with Crippen LogP contribution in [0.2, 0.25) is 0 Å². The molecule has 2 aromatic rings. The Morgan fingerprint density at radius 2 is 2.09 bits per heavy atom. The van der Waals surface area contributed by atoms with Crippen LogP contribution < -0.4 is 0 Å². The molecule has 0 unspecified atom stereocenters. The summed E-state index contributed by atoms with van der Waals surface area (Å²) in [7, 11) is 0. The van der Waals surface area contributed by atoms with Gasteiger partial charge < -0.3 is 14.6 Å². The molecule has 1 saturated heterocycles. The molecule has 1 aromatic carbocycles. The highest BCUT2D eigenvalue weighted by Gasteiger charge is 2.38. The zero-order valence-electron chi connectivity index (χ0n) is 12.9. The first kappa shape index (κ1) is 14.9. The van der Waals surface area contributed by atoms with Crippen molar-refractivity contribution < 1.29 is 9.53 Å². The van der Waals surface area contributed by atoms with Crippen molar-refractivity contribution in [1.82, 2.24) is 9.88 Å². The molecule has 2 heterocycles. The van der Waals surface area contributed by atoms with Crippen LogP contribution in [0.25, 0.3) is 0 Å². The summed E-state index contributed by atoms with van der Waals surface area (Å²) in [5, 5.41) is 0. The van der Waals surface area contributed by atoms with Crippen LogP contribution in [-0.4, -0.2) is 41.1 Å². The van der Waals surface area contributed by atoms with Crippen molar-refractivity contribution in [1.29, 1.82) is 0 Å². The van der Waals surface area contributed by atoms with Gasteiger partial charge in [-0.25, -0.2) is 0 Å². The van der Waals surface area contributed by atoms with Crippen molar-refractivity contribution in [2.75, 3.05) is 13.2 Å². The first-order valence-corrected chi connectivity index (χ1v) is 7.89. The summed E-state index contributed by atoms with van der Waals surface area (Å²) in [5.41, 5.74) is 1.89. The van der Waals surface area contributed by atoms with E-state index in [1.165, 1.54) is 5.56 Å². The van der Waals surface area contributed by atoms with E-state index in [1.807, 2.05) is 42.2 Å². The summed E-state index contributed by atoms with van der Waals surface area (Å²) >= 11 is 0. The number of hydrogen-bond acceptors (Lipinski definition) is 2. The van der Waals surface area contributed by atoms with Crippen molar-refractivity contribution in [3.63, 3.8) is 0 Å². The van der Waals surface area contributed by atoms with Crippen LogP contribution in [0.15, 0.2) is 48.7 Å². The average molecular weight is 298 g/mol. The summed E-state index contributed by atoms with van der Waals surface area (Å²) in [6, 6.07) is 14.1. The third-order valence-electron chi connectivity index (χ3n) is 4.24. The van der Waals surface area contributed by atoms with Crippen LogP contribution in [0.1, 0.15) is 29.4 Å². The fourth-order valence-electron chi connectivity index (χ4n) is 3.20. The van der Waals surface area contributed by atoms with Crippen LogP contribution in [0, 0.1) is 0 Å². The van der Waals surface area contributed by atoms with Gasteiger partial charge >= 0.3 is 0 Å². The van der Waals surface area contributed by atoms with E-state index in [1.54, 1.807) is 6.20 Å². The number of hydrogen-bond donors (Lipinski definition) is 1. The zero-order valence-corrected chi connectivity index (χ0v) is 12.9. The summed E-state index contributed by atoms with van der Waals surface area (Å²) in [6.45, 7) is 3.44. The van der Waals surface area contributed by atoms with Gasteiger partial charge in [-0.2, -0.15) is 0 Å². The highest BCUT2D eigenvalue weighted by Crippen LogP contribution is 2.26. The molecule has 0 bridgehead atoms. The van der Waals surface area contributed by atoms with E-state index in [-0.39, 0.29) is 18.1 Å². The summed E-state index contributed by atoms with van der Waals surface area (Å²) in [5.74, 6) is 0.0631. The maximum Gasteiger partial charge on any atom is 0.270 e. The Kier molecular flexibility index (Phi) is 4.59. The Hall–Kier alpha value is -2.07. The summed E-state index contributed by atoms with van der Waals surface area (Å²) in [6.07, 6.45) is 3.63. The molecule has 2 atom stereocenters. The lowest BCUT2D eigenvalue weighted by molar-refractivity contribution is 0.0310. The molecule has 1 amide bonds. The van der Waals surface area contributed by atoms with Gasteiger partial charge in [0.05, 0.1) is 12.1 Å². The average Bonchev–Trinajstić information content (AvgIpc) is 3.19. The second-order valence-electron chi connectivity index (χ2n) is 5.62. The number of ether oxygens (including phenoxy) is 1. The molecule has 1 aliphatic rings. The van der Waals surface area contributed by atoms with E-state index < -0.39 is 0 Å². The predicted octanol–water partition coefficient (Wildman–Crippen LogP) is 2.88. The van der Waals surface area contributed by atoms with Gasteiger partial charge in [-0.1, -0.05) is 30.3 Å². The van der Waals surface area contributed by atoms with E-state index in [0.717, 1.165) is 19.4 Å². The first-order valence-electron chi connectivity index (χ1n) is 7.89. The molecular formula is C18H22N2O2. The molecule has 116 valence electrons. The minimum Gasteiger partial charge on any atom is -0.376 e. The van der Waals surface area contributed by atoms with Gasteiger partial charge in [-0.05, 0) is 37.5 Å². The molecular weight excluding hydrogens is 276 g/mol. The van der Waals surface area contributed by atoms with Crippen molar-refractivity contribution in [2.24, 2.45) is 0 Å². The molecule has 22 heavy (non-hydrogen) atoms. The first-order chi connectivity index (χ1) is 10.8. The van der Waals surface area contributed by atoms with Crippen LogP contribution in [-0.2, 0) is 11.2 Å². The predicted molar refractivity (Wildman–Crippen MR) is 85.8 cm³/mol. The van der Waals surface area contributed by atoms with Gasteiger partial charge in [-0.3, -0.25) is 4.79 Å². The maximum atomic E-state index is 12.7. The number of nitrogens with one attached hydrogen (secondary N) is 1. The SMILES string of the molecule is CCO[C@@H]1CCN(C(=O)c2ccc[nH]2)[C@@H]1Cc1ccccc1. The molecule has 4 nitrogen and oxygen atoms in total. The number of amides is 1. The Labute approximate surface area is 131 Å². The van der Waals surface area contributed by atoms with Gasteiger partial charge in [0.15, 0.2) is 0 Å². The second-order valence-corrected chi connectivity index (χ2v) is 5.62. The lowest BCUT2D eigenvalue weighted by Gasteiger charge is -2.28. The lowest BCUT2D eigenvalue weighted by Crippen LogP contribution is -2.42. The Bertz CT molecular complexity index is 595. The summed E-state index contributed by atoms with van der Waals surface area (Å²) < 4.78 is 5.88. The van der Waals surface area contributed by atoms with Gasteiger partial charge in [0.1, 0.15) is 5.69 Å². The van der Waals surface area contributed by atoms with Crippen LogP contribution >= 0.6 is 0 Å². The monoisotopic (exact) mass is 298 g/mol. The normalized spacial score (nSPS) is 21.2. The molecule has 0 aliphatic carbocycles. The number of carbonyl (C=O) groups excluding carboxylic acids is 1. The summed E-state index contributed by atoms with van der Waals surface area (Å²) in [4.78, 5) is 17.7. The minimum absolute atomic E-state index is 0.0631. The molecule has 0 saturated carbocycles. The van der Waals surface area contributed by atoms with Crippen molar-refractivity contribution in [3.05, 3.63) is 59.9 Å². The third kappa shape index (κ3) is 3.07. The standard InChI is InChI=1S/C18H22N2O2/c1-2-22-17-10-12-20(18(21)15-9-6-11-19-15)16(17)13-14-7-4-3-5-8-14/h3-9,11,16-17,19H,2,10,12-13H2,1H3/t16-,17-/m1/s1. The molecule has 3 rings (SSSR count). The van der Waals surface area contributed by atoms with E-state index in [0.29, 0.717) is 12.3 Å². The van der Waals surface area contributed by atoms with Crippen LogP contribution in [0.5, 0.6) is 0 Å². The molecule has 1 N–H and O–H groups in total. The van der Waals surface area contributed by atoms with Crippen LogP contribution in [0.3, 0.4) is 0 Å². The smallest absolute Gasteiger partial charge is 0.270 e. The van der Waals surface area contributed by atoms with Gasteiger partial charge in [-0.15, -0.1) is 0 Å². The second kappa shape index (κ2) is 6.79. The minimum atomic E-state index is 0.0631. The third-order valence-corrected chi connectivity index (χ3v) is 4.24. The highest BCUT2D eigenvalue weighted by atomic mass is 16.5. The molecule has 1 fully saturated rings. The van der Waals surface area contributed by atoms with Gasteiger partial charge in [0.25, 0.3) is 5.91 Å². The zero-order chi connectivity index (χ0) is 15.4.